The van der Waals surface area contributed by atoms with Gasteiger partial charge < -0.3 is 15.5 Å². The van der Waals surface area contributed by atoms with Crippen LogP contribution in [0.4, 0.5) is 0 Å². The zero-order valence-electron chi connectivity index (χ0n) is 14.9. The lowest BCUT2D eigenvalue weighted by Gasteiger charge is -2.30. The highest BCUT2D eigenvalue weighted by Crippen LogP contribution is 2.34. The van der Waals surface area contributed by atoms with Gasteiger partial charge in [-0.1, -0.05) is 60.7 Å². The van der Waals surface area contributed by atoms with Gasteiger partial charge in [-0.2, -0.15) is 11.3 Å². The van der Waals surface area contributed by atoms with Crippen LogP contribution in [0, 0.1) is 0 Å². The number of aliphatic hydroxyl groups excluding tert-OH is 1. The molecule has 3 unspecified atom stereocenters. The van der Waals surface area contributed by atoms with Crippen LogP contribution in [-0.4, -0.2) is 22.8 Å². The molecule has 3 atom stereocenters. The maximum Gasteiger partial charge on any atom is 0.117 e. The van der Waals surface area contributed by atoms with Gasteiger partial charge in [-0.05, 0) is 53.4 Å². The van der Waals surface area contributed by atoms with E-state index >= 15 is 0 Å². The summed E-state index contributed by atoms with van der Waals surface area (Å²) in [5, 5.41) is 29.3. The average Bonchev–Trinajstić information content (AvgIpc) is 3.24. The summed E-state index contributed by atoms with van der Waals surface area (Å²) < 4.78 is 0. The number of thiophene rings is 1. The first kappa shape index (κ1) is 18.8. The van der Waals surface area contributed by atoms with Gasteiger partial charge in [0.15, 0.2) is 0 Å². The maximum absolute atomic E-state index is 11.4. The number of nitrogens with one attached hydrogen (secondary N) is 1. The molecule has 0 amide bonds. The third-order valence-corrected chi connectivity index (χ3v) is 5.50. The van der Waals surface area contributed by atoms with Crippen molar-refractivity contribution in [1.29, 1.82) is 0 Å². The standard InChI is InChI=1S/C22H25NO2S/c1-17(21(24)18-8-4-2-5-9-18)23-14-13-22(25,20-12-15-26-16-20)19-10-6-3-7-11-19/h2-12,15-17,21,23-25H,13-14H2,1H3. The van der Waals surface area contributed by atoms with E-state index in [0.717, 1.165) is 16.7 Å². The maximum atomic E-state index is 11.4. The molecular formula is C22H25NO2S. The summed E-state index contributed by atoms with van der Waals surface area (Å²) in [4.78, 5) is 0. The minimum absolute atomic E-state index is 0.111. The minimum Gasteiger partial charge on any atom is -0.387 e. The van der Waals surface area contributed by atoms with E-state index in [1.165, 1.54) is 0 Å². The average molecular weight is 368 g/mol. The summed E-state index contributed by atoms with van der Waals surface area (Å²) in [7, 11) is 0. The predicted molar refractivity (Wildman–Crippen MR) is 107 cm³/mol. The van der Waals surface area contributed by atoms with Crippen LogP contribution in [-0.2, 0) is 5.60 Å². The molecule has 0 spiro atoms. The number of hydrogen-bond acceptors (Lipinski definition) is 4. The Bertz CT molecular complexity index is 776. The molecule has 0 aliphatic carbocycles. The third-order valence-electron chi connectivity index (χ3n) is 4.82. The van der Waals surface area contributed by atoms with Gasteiger partial charge in [0.25, 0.3) is 0 Å². The van der Waals surface area contributed by atoms with Gasteiger partial charge in [0.2, 0.25) is 0 Å². The first-order valence-electron chi connectivity index (χ1n) is 8.88. The largest absolute Gasteiger partial charge is 0.387 e. The highest BCUT2D eigenvalue weighted by Gasteiger charge is 2.31. The van der Waals surface area contributed by atoms with E-state index in [0.29, 0.717) is 13.0 Å². The van der Waals surface area contributed by atoms with Crippen molar-refractivity contribution in [2.24, 2.45) is 0 Å². The fourth-order valence-electron chi connectivity index (χ4n) is 3.20. The van der Waals surface area contributed by atoms with Crippen LogP contribution in [0.15, 0.2) is 77.5 Å². The van der Waals surface area contributed by atoms with E-state index in [9.17, 15) is 10.2 Å². The first-order chi connectivity index (χ1) is 12.6. The molecule has 4 heteroatoms. The van der Waals surface area contributed by atoms with Crippen LogP contribution in [0.1, 0.15) is 36.1 Å². The van der Waals surface area contributed by atoms with Gasteiger partial charge in [0, 0.05) is 6.04 Å². The van der Waals surface area contributed by atoms with E-state index in [2.05, 4.69) is 5.32 Å². The van der Waals surface area contributed by atoms with Crippen molar-refractivity contribution in [2.75, 3.05) is 6.54 Å². The SMILES string of the molecule is CC(NCCC(O)(c1ccccc1)c1ccsc1)C(O)c1ccccc1. The molecule has 1 heterocycles. The van der Waals surface area contributed by atoms with Gasteiger partial charge in [0.05, 0.1) is 6.10 Å². The van der Waals surface area contributed by atoms with Crippen LogP contribution >= 0.6 is 11.3 Å². The zero-order chi connectivity index (χ0) is 18.4. The molecule has 1 aromatic heterocycles. The molecule has 0 saturated heterocycles. The van der Waals surface area contributed by atoms with Crippen molar-refractivity contribution < 1.29 is 10.2 Å². The van der Waals surface area contributed by atoms with E-state index in [1.54, 1.807) is 11.3 Å². The molecule has 0 bridgehead atoms. The third kappa shape index (κ3) is 4.22. The lowest BCUT2D eigenvalue weighted by Crippen LogP contribution is -2.37. The molecule has 0 radical (unpaired) electrons. The summed E-state index contributed by atoms with van der Waals surface area (Å²) in [6.07, 6.45) is -0.0540. The minimum atomic E-state index is -1.04. The number of rotatable bonds is 8. The van der Waals surface area contributed by atoms with Crippen LogP contribution in [0.3, 0.4) is 0 Å². The predicted octanol–water partition coefficient (Wildman–Crippen LogP) is 4.09. The fraction of sp³-hybridized carbons (Fsp3) is 0.273. The van der Waals surface area contributed by atoms with Gasteiger partial charge in [-0.25, -0.2) is 0 Å². The Morgan fingerprint density at radius 1 is 0.962 bits per heavy atom. The number of benzene rings is 2. The van der Waals surface area contributed by atoms with E-state index in [-0.39, 0.29) is 6.04 Å². The highest BCUT2D eigenvalue weighted by atomic mass is 32.1. The monoisotopic (exact) mass is 367 g/mol. The van der Waals surface area contributed by atoms with Gasteiger partial charge in [0.1, 0.15) is 5.60 Å². The Labute approximate surface area is 159 Å². The molecule has 0 fully saturated rings. The van der Waals surface area contributed by atoms with Crippen LogP contribution in [0.2, 0.25) is 0 Å². The molecule has 0 aliphatic heterocycles. The van der Waals surface area contributed by atoms with Gasteiger partial charge in [-0.15, -0.1) is 0 Å². The van der Waals surface area contributed by atoms with E-state index in [4.69, 9.17) is 0 Å². The Morgan fingerprint density at radius 3 is 2.23 bits per heavy atom. The lowest BCUT2D eigenvalue weighted by atomic mass is 9.85. The summed E-state index contributed by atoms with van der Waals surface area (Å²) >= 11 is 1.58. The second-order valence-electron chi connectivity index (χ2n) is 6.59. The topological polar surface area (TPSA) is 52.5 Å². The molecule has 0 saturated carbocycles. The normalized spacial score (nSPS) is 16.0. The Kier molecular flexibility index (Phi) is 6.22. The smallest absolute Gasteiger partial charge is 0.117 e. The lowest BCUT2D eigenvalue weighted by molar-refractivity contribution is 0.0667. The zero-order valence-corrected chi connectivity index (χ0v) is 15.7. The summed E-state index contributed by atoms with van der Waals surface area (Å²) in [6.45, 7) is 2.55. The Hall–Kier alpha value is -1.98. The molecule has 3 rings (SSSR count). The molecular weight excluding hydrogens is 342 g/mol. The van der Waals surface area contributed by atoms with Crippen molar-refractivity contribution in [2.45, 2.75) is 31.1 Å². The molecule has 26 heavy (non-hydrogen) atoms. The summed E-state index contributed by atoms with van der Waals surface area (Å²) in [6, 6.07) is 21.3. The van der Waals surface area contributed by atoms with Crippen LogP contribution in [0.25, 0.3) is 0 Å². The van der Waals surface area contributed by atoms with Crippen LogP contribution in [0.5, 0.6) is 0 Å². The van der Waals surface area contributed by atoms with Gasteiger partial charge >= 0.3 is 0 Å². The second kappa shape index (κ2) is 8.60. The van der Waals surface area contributed by atoms with Crippen molar-refractivity contribution in [3.8, 4) is 0 Å². The van der Waals surface area contributed by atoms with Crippen molar-refractivity contribution in [1.82, 2.24) is 5.32 Å². The molecule has 2 aromatic carbocycles. The van der Waals surface area contributed by atoms with Crippen molar-refractivity contribution in [3.63, 3.8) is 0 Å². The molecule has 0 aliphatic rings. The highest BCUT2D eigenvalue weighted by molar-refractivity contribution is 7.08. The molecule has 136 valence electrons. The van der Waals surface area contributed by atoms with E-state index in [1.807, 2.05) is 84.4 Å². The number of hydrogen-bond donors (Lipinski definition) is 3. The van der Waals surface area contributed by atoms with Crippen LogP contribution < -0.4 is 5.32 Å². The number of aliphatic hydroxyl groups is 2. The van der Waals surface area contributed by atoms with Crippen molar-refractivity contribution in [3.05, 3.63) is 94.2 Å². The van der Waals surface area contributed by atoms with Crippen molar-refractivity contribution >= 4 is 11.3 Å². The second-order valence-corrected chi connectivity index (χ2v) is 7.37. The van der Waals surface area contributed by atoms with Gasteiger partial charge in [-0.3, -0.25) is 0 Å². The van der Waals surface area contributed by atoms with E-state index < -0.39 is 11.7 Å². The Balaban J connectivity index is 1.67. The molecule has 3 N–H and O–H groups in total. The fourth-order valence-corrected chi connectivity index (χ4v) is 3.92. The summed E-state index contributed by atoms with van der Waals surface area (Å²) in [5.74, 6) is 0. The Morgan fingerprint density at radius 2 is 1.62 bits per heavy atom. The molecule has 3 aromatic rings. The quantitative estimate of drug-likeness (QED) is 0.562. The molecule has 3 nitrogen and oxygen atoms in total. The summed E-state index contributed by atoms with van der Waals surface area (Å²) in [5.41, 5.74) is 1.65. The first-order valence-corrected chi connectivity index (χ1v) is 9.82.